The first-order valence-electron chi connectivity index (χ1n) is 10.5. The molecule has 0 radical (unpaired) electrons. The van der Waals surface area contributed by atoms with Crippen LogP contribution in [0.2, 0.25) is 5.02 Å². The fraction of sp³-hybridized carbons (Fsp3) is 0.364. The molecule has 4 rings (SSSR count). The van der Waals surface area contributed by atoms with E-state index in [9.17, 15) is 9.59 Å². The molecule has 168 valence electrons. The summed E-state index contributed by atoms with van der Waals surface area (Å²) in [7, 11) is 0. The molecule has 32 heavy (non-hydrogen) atoms. The van der Waals surface area contributed by atoms with E-state index in [-0.39, 0.29) is 18.7 Å². The summed E-state index contributed by atoms with van der Waals surface area (Å²) in [5.41, 5.74) is 12.9. The molecule has 1 fully saturated rings. The van der Waals surface area contributed by atoms with Crippen LogP contribution < -0.4 is 21.7 Å². The first kappa shape index (κ1) is 22.0. The Morgan fingerprint density at radius 3 is 2.59 bits per heavy atom. The summed E-state index contributed by atoms with van der Waals surface area (Å²) >= 11 is 5.95. The third-order valence-electron chi connectivity index (χ3n) is 5.92. The molecule has 9 nitrogen and oxygen atoms in total. The number of nitrogens with one attached hydrogen (secondary N) is 2. The quantitative estimate of drug-likeness (QED) is 0.429. The summed E-state index contributed by atoms with van der Waals surface area (Å²) in [5.74, 6) is 0.158. The Morgan fingerprint density at radius 1 is 1.19 bits per heavy atom. The number of fused-ring (bicyclic) bond motifs is 1. The summed E-state index contributed by atoms with van der Waals surface area (Å²) in [6.45, 7) is 1.37. The number of carbonyl (C=O) groups excluding carboxylic acids is 2. The smallest absolute Gasteiger partial charge is 0.222 e. The molecule has 1 saturated heterocycles. The van der Waals surface area contributed by atoms with Gasteiger partial charge in [-0.25, -0.2) is 9.97 Å². The van der Waals surface area contributed by atoms with Crippen LogP contribution in [-0.2, 0) is 9.59 Å². The van der Waals surface area contributed by atoms with Crippen molar-refractivity contribution in [3.8, 4) is 0 Å². The van der Waals surface area contributed by atoms with Gasteiger partial charge in [0, 0.05) is 36.3 Å². The molecule has 0 bridgehead atoms. The zero-order valence-corrected chi connectivity index (χ0v) is 18.3. The average molecular weight is 456 g/mol. The van der Waals surface area contributed by atoms with Gasteiger partial charge in [-0.1, -0.05) is 23.7 Å². The van der Waals surface area contributed by atoms with Crippen LogP contribution in [-0.4, -0.2) is 45.4 Å². The fourth-order valence-corrected chi connectivity index (χ4v) is 4.29. The monoisotopic (exact) mass is 455 g/mol. The van der Waals surface area contributed by atoms with Gasteiger partial charge in [0.1, 0.15) is 17.8 Å². The number of piperidine rings is 1. The molecule has 3 heterocycles. The third kappa shape index (κ3) is 5.00. The van der Waals surface area contributed by atoms with E-state index in [1.54, 1.807) is 30.6 Å². The number of nitrogens with two attached hydrogens (primary N) is 2. The van der Waals surface area contributed by atoms with Crippen molar-refractivity contribution in [2.24, 2.45) is 11.5 Å². The molecule has 1 aromatic carbocycles. The number of benzene rings is 1. The molecule has 1 aliphatic rings. The number of hydrogen-bond acceptors (Lipinski definition) is 6. The largest absolute Gasteiger partial charge is 0.370 e. The van der Waals surface area contributed by atoms with Crippen molar-refractivity contribution < 1.29 is 9.59 Å². The zero-order valence-electron chi connectivity index (χ0n) is 17.6. The number of amides is 2. The van der Waals surface area contributed by atoms with E-state index in [1.165, 1.54) is 0 Å². The van der Waals surface area contributed by atoms with Gasteiger partial charge in [-0.3, -0.25) is 9.59 Å². The van der Waals surface area contributed by atoms with Gasteiger partial charge in [0.05, 0.1) is 17.8 Å². The minimum Gasteiger partial charge on any atom is -0.370 e. The van der Waals surface area contributed by atoms with Gasteiger partial charge in [0.2, 0.25) is 11.8 Å². The zero-order chi connectivity index (χ0) is 22.7. The third-order valence-corrected chi connectivity index (χ3v) is 6.17. The van der Waals surface area contributed by atoms with Crippen LogP contribution in [0.15, 0.2) is 42.9 Å². The van der Waals surface area contributed by atoms with Gasteiger partial charge in [-0.05, 0) is 36.6 Å². The Labute approximate surface area is 190 Å². The van der Waals surface area contributed by atoms with Crippen LogP contribution in [0, 0.1) is 0 Å². The maximum Gasteiger partial charge on any atom is 0.222 e. The lowest BCUT2D eigenvalue weighted by Crippen LogP contribution is -2.53. The molecule has 1 unspecified atom stereocenters. The second-order valence-corrected chi connectivity index (χ2v) is 8.74. The lowest BCUT2D eigenvalue weighted by Gasteiger charge is -2.39. The number of primary amides is 1. The number of aromatic nitrogens is 3. The SMILES string of the molecule is NC(=O)CC(NC(=O)CC1(N)CCN(c2ncnc3[nH]ccc23)CC1)c1ccc(Cl)cc1. The molecule has 0 saturated carbocycles. The maximum absolute atomic E-state index is 12.8. The maximum atomic E-state index is 12.8. The number of rotatable bonds is 7. The summed E-state index contributed by atoms with van der Waals surface area (Å²) in [6, 6.07) is 8.41. The predicted octanol–water partition coefficient (Wildman–Crippen LogP) is 2.03. The molecule has 2 aromatic heterocycles. The van der Waals surface area contributed by atoms with Crippen LogP contribution in [0.4, 0.5) is 5.82 Å². The molecular weight excluding hydrogens is 430 g/mol. The van der Waals surface area contributed by atoms with Crippen LogP contribution in [0.1, 0.15) is 37.3 Å². The molecular formula is C22H26ClN7O2. The molecule has 1 atom stereocenters. The second kappa shape index (κ2) is 9.13. The molecule has 2 amide bonds. The lowest BCUT2D eigenvalue weighted by atomic mass is 9.85. The van der Waals surface area contributed by atoms with Crippen LogP contribution in [0.5, 0.6) is 0 Å². The fourth-order valence-electron chi connectivity index (χ4n) is 4.16. The Hall–Kier alpha value is -3.17. The number of nitrogens with zero attached hydrogens (tertiary/aromatic N) is 3. The lowest BCUT2D eigenvalue weighted by molar-refractivity contribution is -0.123. The summed E-state index contributed by atoms with van der Waals surface area (Å²) in [6.07, 6.45) is 4.82. The molecule has 6 N–H and O–H groups in total. The molecule has 10 heteroatoms. The van der Waals surface area contributed by atoms with Crippen LogP contribution in [0.25, 0.3) is 11.0 Å². The standard InChI is InChI=1S/C22H26ClN7O2/c23-15-3-1-14(2-4-15)17(11-18(24)31)29-19(32)12-22(25)6-9-30(10-7-22)21-16-5-8-26-20(16)27-13-28-21/h1-5,8,13,17H,6-7,9-12,25H2,(H2,24,31)(H,29,32)(H,26,27,28). The van der Waals surface area contributed by atoms with Crippen molar-refractivity contribution in [3.63, 3.8) is 0 Å². The van der Waals surface area contributed by atoms with Gasteiger partial charge < -0.3 is 26.7 Å². The Balaban J connectivity index is 1.39. The Bertz CT molecular complexity index is 1110. The van der Waals surface area contributed by atoms with Crippen molar-refractivity contribution in [1.29, 1.82) is 0 Å². The number of hydrogen-bond donors (Lipinski definition) is 4. The summed E-state index contributed by atoms with van der Waals surface area (Å²) in [5, 5.41) is 4.46. The molecule has 0 spiro atoms. The Kier molecular flexibility index (Phi) is 6.29. The van der Waals surface area contributed by atoms with Crippen molar-refractivity contribution >= 4 is 40.3 Å². The molecule has 3 aromatic rings. The van der Waals surface area contributed by atoms with Crippen LogP contribution in [0.3, 0.4) is 0 Å². The number of anilines is 1. The van der Waals surface area contributed by atoms with E-state index < -0.39 is 17.5 Å². The van der Waals surface area contributed by atoms with Crippen molar-refractivity contribution in [2.75, 3.05) is 18.0 Å². The highest BCUT2D eigenvalue weighted by Crippen LogP contribution is 2.30. The van der Waals surface area contributed by atoms with E-state index in [4.69, 9.17) is 23.1 Å². The van der Waals surface area contributed by atoms with Gasteiger partial charge >= 0.3 is 0 Å². The highest BCUT2D eigenvalue weighted by Gasteiger charge is 2.34. The first-order valence-corrected chi connectivity index (χ1v) is 10.9. The number of halogens is 1. The van der Waals surface area contributed by atoms with E-state index in [0.29, 0.717) is 31.0 Å². The normalized spacial score (nSPS) is 16.6. The van der Waals surface area contributed by atoms with Crippen LogP contribution >= 0.6 is 11.6 Å². The molecule has 1 aliphatic heterocycles. The highest BCUT2D eigenvalue weighted by molar-refractivity contribution is 6.30. The number of aromatic amines is 1. The van der Waals surface area contributed by atoms with Crippen molar-refractivity contribution in [2.45, 2.75) is 37.3 Å². The van der Waals surface area contributed by atoms with E-state index in [0.717, 1.165) is 22.4 Å². The number of H-pyrrole nitrogens is 1. The van der Waals surface area contributed by atoms with Crippen molar-refractivity contribution in [3.05, 3.63) is 53.4 Å². The topological polar surface area (TPSA) is 143 Å². The van der Waals surface area contributed by atoms with Gasteiger partial charge in [-0.2, -0.15) is 0 Å². The minimum absolute atomic E-state index is 0.000896. The van der Waals surface area contributed by atoms with E-state index in [2.05, 4.69) is 25.2 Å². The number of carbonyl (C=O) groups is 2. The van der Waals surface area contributed by atoms with Gasteiger partial charge in [-0.15, -0.1) is 0 Å². The van der Waals surface area contributed by atoms with E-state index in [1.807, 2.05) is 12.3 Å². The first-order chi connectivity index (χ1) is 15.3. The molecule has 0 aliphatic carbocycles. The highest BCUT2D eigenvalue weighted by atomic mass is 35.5. The van der Waals surface area contributed by atoms with Gasteiger partial charge in [0.15, 0.2) is 0 Å². The van der Waals surface area contributed by atoms with E-state index >= 15 is 0 Å². The predicted molar refractivity (Wildman–Crippen MR) is 123 cm³/mol. The summed E-state index contributed by atoms with van der Waals surface area (Å²) < 4.78 is 0. The average Bonchev–Trinajstić information content (AvgIpc) is 3.23. The summed E-state index contributed by atoms with van der Waals surface area (Å²) in [4.78, 5) is 38.3. The van der Waals surface area contributed by atoms with Crippen molar-refractivity contribution in [1.82, 2.24) is 20.3 Å². The minimum atomic E-state index is -0.637. The second-order valence-electron chi connectivity index (χ2n) is 8.31. The Morgan fingerprint density at radius 2 is 1.91 bits per heavy atom. The van der Waals surface area contributed by atoms with Gasteiger partial charge in [0.25, 0.3) is 0 Å².